The molecule has 128 valence electrons. The van der Waals surface area contributed by atoms with Crippen LogP contribution in [-0.2, 0) is 6.54 Å². The summed E-state index contributed by atoms with van der Waals surface area (Å²) in [5.41, 5.74) is 2.81. The van der Waals surface area contributed by atoms with Crippen LogP contribution >= 0.6 is 0 Å². The predicted molar refractivity (Wildman–Crippen MR) is 92.6 cm³/mol. The van der Waals surface area contributed by atoms with E-state index in [2.05, 4.69) is 23.8 Å². The number of hydrogen-bond acceptors (Lipinski definition) is 2. The van der Waals surface area contributed by atoms with Crippen LogP contribution in [-0.4, -0.2) is 33.2 Å². The Labute approximate surface area is 140 Å². The van der Waals surface area contributed by atoms with E-state index in [1.807, 2.05) is 11.6 Å². The topological polar surface area (TPSA) is 38.1 Å². The summed E-state index contributed by atoms with van der Waals surface area (Å²) in [7, 11) is 0. The van der Waals surface area contributed by atoms with Gasteiger partial charge in [-0.05, 0) is 51.9 Å². The van der Waals surface area contributed by atoms with Crippen molar-refractivity contribution in [3.05, 3.63) is 17.0 Å². The number of aryl methyl sites for hydroxylation is 2. The molecule has 2 heterocycles. The number of carbonyl (C=O) groups excluding carboxylic acids is 1. The van der Waals surface area contributed by atoms with Gasteiger partial charge in [0.2, 0.25) is 0 Å². The van der Waals surface area contributed by atoms with Crippen molar-refractivity contribution in [2.75, 3.05) is 6.54 Å². The molecule has 1 saturated carbocycles. The summed E-state index contributed by atoms with van der Waals surface area (Å²) in [5.74, 6) is 0.961. The zero-order chi connectivity index (χ0) is 16.4. The second kappa shape index (κ2) is 7.06. The average molecular weight is 317 g/mol. The van der Waals surface area contributed by atoms with Gasteiger partial charge in [-0.2, -0.15) is 5.10 Å². The standard InChI is InChI=1S/C19H31N3O/c1-4-12-22-15(3)18(14(2)20-22)19(23)21-13-8-7-10-16-9-5-6-11-17(16)21/h16-17H,4-13H2,1-3H3/t16-,17+/m0/s1. The maximum Gasteiger partial charge on any atom is 0.257 e. The van der Waals surface area contributed by atoms with Crippen LogP contribution in [0.2, 0.25) is 0 Å². The number of carbonyl (C=O) groups is 1. The van der Waals surface area contributed by atoms with Crippen LogP contribution in [0.3, 0.4) is 0 Å². The quantitative estimate of drug-likeness (QED) is 0.842. The lowest BCUT2D eigenvalue weighted by Gasteiger charge is -2.38. The minimum Gasteiger partial charge on any atom is -0.335 e. The molecule has 0 aromatic carbocycles. The van der Waals surface area contributed by atoms with Crippen LogP contribution in [0.1, 0.15) is 80.0 Å². The number of aromatic nitrogens is 2. The lowest BCUT2D eigenvalue weighted by molar-refractivity contribution is 0.0567. The molecule has 1 saturated heterocycles. The van der Waals surface area contributed by atoms with Gasteiger partial charge >= 0.3 is 0 Å². The SMILES string of the molecule is CCCn1nc(C)c(C(=O)N2CCCC[C@@H]3CCCC[C@H]32)c1C. The fourth-order valence-corrected chi connectivity index (χ4v) is 4.62. The van der Waals surface area contributed by atoms with E-state index in [4.69, 9.17) is 0 Å². The molecule has 1 aliphatic heterocycles. The average Bonchev–Trinajstić information content (AvgIpc) is 2.73. The summed E-state index contributed by atoms with van der Waals surface area (Å²) in [6.45, 7) is 8.02. The molecular formula is C19H31N3O. The van der Waals surface area contributed by atoms with Crippen LogP contribution in [0.25, 0.3) is 0 Å². The molecule has 1 aromatic rings. The number of rotatable bonds is 3. The first-order valence-electron chi connectivity index (χ1n) is 9.48. The van der Waals surface area contributed by atoms with Crippen molar-refractivity contribution in [3.8, 4) is 0 Å². The molecule has 1 aliphatic carbocycles. The van der Waals surface area contributed by atoms with Crippen molar-refractivity contribution < 1.29 is 4.79 Å². The van der Waals surface area contributed by atoms with Crippen molar-refractivity contribution in [1.82, 2.24) is 14.7 Å². The molecule has 0 unspecified atom stereocenters. The fourth-order valence-electron chi connectivity index (χ4n) is 4.62. The zero-order valence-electron chi connectivity index (χ0n) is 15.0. The molecule has 0 bridgehead atoms. The lowest BCUT2D eigenvalue weighted by Crippen LogP contribution is -2.45. The van der Waals surface area contributed by atoms with Crippen molar-refractivity contribution in [2.24, 2.45) is 5.92 Å². The number of likely N-dealkylation sites (tertiary alicyclic amines) is 1. The second-order valence-corrected chi connectivity index (χ2v) is 7.38. The van der Waals surface area contributed by atoms with Gasteiger partial charge in [0.1, 0.15) is 0 Å². The van der Waals surface area contributed by atoms with E-state index in [-0.39, 0.29) is 5.91 Å². The molecule has 1 aromatic heterocycles. The summed E-state index contributed by atoms with van der Waals surface area (Å²) in [6.07, 6.45) is 9.90. The van der Waals surface area contributed by atoms with E-state index in [0.29, 0.717) is 6.04 Å². The molecule has 2 atom stereocenters. The van der Waals surface area contributed by atoms with Gasteiger partial charge in [-0.3, -0.25) is 9.48 Å². The molecule has 23 heavy (non-hydrogen) atoms. The first-order chi connectivity index (χ1) is 11.1. The van der Waals surface area contributed by atoms with E-state index in [1.54, 1.807) is 0 Å². The van der Waals surface area contributed by atoms with Gasteiger partial charge in [-0.1, -0.05) is 26.2 Å². The van der Waals surface area contributed by atoms with Gasteiger partial charge in [0.05, 0.1) is 11.3 Å². The third-order valence-electron chi connectivity index (χ3n) is 5.78. The number of hydrogen-bond donors (Lipinski definition) is 0. The number of nitrogens with zero attached hydrogens (tertiary/aromatic N) is 3. The van der Waals surface area contributed by atoms with E-state index >= 15 is 0 Å². The van der Waals surface area contributed by atoms with E-state index in [0.717, 1.165) is 48.8 Å². The molecule has 0 radical (unpaired) electrons. The van der Waals surface area contributed by atoms with Crippen LogP contribution in [0, 0.1) is 19.8 Å². The van der Waals surface area contributed by atoms with Crippen LogP contribution in [0.5, 0.6) is 0 Å². The van der Waals surface area contributed by atoms with E-state index < -0.39 is 0 Å². The van der Waals surface area contributed by atoms with E-state index in [1.165, 1.54) is 38.5 Å². The summed E-state index contributed by atoms with van der Waals surface area (Å²) in [6, 6.07) is 0.465. The Hall–Kier alpha value is -1.32. The molecule has 0 spiro atoms. The Morgan fingerprint density at radius 3 is 2.57 bits per heavy atom. The highest BCUT2D eigenvalue weighted by atomic mass is 16.2. The van der Waals surface area contributed by atoms with Gasteiger partial charge in [0, 0.05) is 24.8 Å². The van der Waals surface area contributed by atoms with Crippen molar-refractivity contribution >= 4 is 5.91 Å². The van der Waals surface area contributed by atoms with Crippen LogP contribution < -0.4 is 0 Å². The Morgan fingerprint density at radius 1 is 1.13 bits per heavy atom. The van der Waals surface area contributed by atoms with Gasteiger partial charge in [-0.25, -0.2) is 0 Å². The molecule has 2 aliphatic rings. The number of fused-ring (bicyclic) bond motifs is 1. The molecule has 3 rings (SSSR count). The Balaban J connectivity index is 1.89. The minimum absolute atomic E-state index is 0.237. The van der Waals surface area contributed by atoms with Crippen molar-refractivity contribution in [2.45, 2.75) is 84.7 Å². The molecule has 1 amide bonds. The largest absolute Gasteiger partial charge is 0.335 e. The Morgan fingerprint density at radius 2 is 1.83 bits per heavy atom. The molecule has 0 N–H and O–H groups in total. The van der Waals surface area contributed by atoms with Crippen LogP contribution in [0.15, 0.2) is 0 Å². The van der Waals surface area contributed by atoms with Crippen LogP contribution in [0.4, 0.5) is 0 Å². The molecule has 4 nitrogen and oxygen atoms in total. The van der Waals surface area contributed by atoms with Gasteiger partial charge in [0.25, 0.3) is 5.91 Å². The second-order valence-electron chi connectivity index (χ2n) is 7.38. The lowest BCUT2D eigenvalue weighted by atomic mass is 9.81. The maximum absolute atomic E-state index is 13.3. The highest BCUT2D eigenvalue weighted by Crippen LogP contribution is 2.35. The third-order valence-corrected chi connectivity index (χ3v) is 5.78. The maximum atomic E-state index is 13.3. The Kier molecular flexibility index (Phi) is 5.08. The first-order valence-corrected chi connectivity index (χ1v) is 9.48. The summed E-state index contributed by atoms with van der Waals surface area (Å²) >= 11 is 0. The zero-order valence-corrected chi connectivity index (χ0v) is 15.0. The molecule has 4 heteroatoms. The first kappa shape index (κ1) is 16.5. The summed E-state index contributed by atoms with van der Waals surface area (Å²) < 4.78 is 2.01. The smallest absolute Gasteiger partial charge is 0.257 e. The monoisotopic (exact) mass is 317 g/mol. The summed E-state index contributed by atoms with van der Waals surface area (Å²) in [5, 5.41) is 4.61. The number of amides is 1. The van der Waals surface area contributed by atoms with Crippen molar-refractivity contribution in [3.63, 3.8) is 0 Å². The fraction of sp³-hybridized carbons (Fsp3) is 0.789. The highest BCUT2D eigenvalue weighted by molar-refractivity contribution is 5.96. The predicted octanol–water partition coefficient (Wildman–Crippen LogP) is 4.09. The van der Waals surface area contributed by atoms with Gasteiger partial charge < -0.3 is 4.90 Å². The minimum atomic E-state index is 0.237. The third kappa shape index (κ3) is 3.17. The highest BCUT2D eigenvalue weighted by Gasteiger charge is 2.36. The normalized spacial score (nSPS) is 25.1. The summed E-state index contributed by atoms with van der Waals surface area (Å²) in [4.78, 5) is 15.6. The van der Waals surface area contributed by atoms with Gasteiger partial charge in [-0.15, -0.1) is 0 Å². The van der Waals surface area contributed by atoms with Crippen molar-refractivity contribution in [1.29, 1.82) is 0 Å². The molecular weight excluding hydrogens is 286 g/mol. The molecule has 2 fully saturated rings. The van der Waals surface area contributed by atoms with Gasteiger partial charge in [0.15, 0.2) is 0 Å². The van der Waals surface area contributed by atoms with E-state index in [9.17, 15) is 4.79 Å². The Bertz CT molecular complexity index is 563.